The van der Waals surface area contributed by atoms with Crippen LogP contribution >= 0.6 is 22.7 Å². The van der Waals surface area contributed by atoms with Gasteiger partial charge in [-0.1, -0.05) is 18.2 Å². The summed E-state index contributed by atoms with van der Waals surface area (Å²) in [5, 5.41) is 5.15. The monoisotopic (exact) mass is 425 g/mol. The van der Waals surface area contributed by atoms with Gasteiger partial charge in [0, 0.05) is 10.3 Å². The van der Waals surface area contributed by atoms with Crippen molar-refractivity contribution >= 4 is 45.3 Å². The van der Waals surface area contributed by atoms with Gasteiger partial charge in [0.2, 0.25) is 5.78 Å². The molecule has 0 aliphatic rings. The van der Waals surface area contributed by atoms with Gasteiger partial charge in [0.05, 0.1) is 23.4 Å². The number of carbonyl (C=O) groups is 2. The minimum Gasteiger partial charge on any atom is -0.493 e. The highest BCUT2D eigenvalue weighted by Crippen LogP contribution is 2.25. The number of ether oxygens (including phenoxy) is 1. The lowest BCUT2D eigenvalue weighted by molar-refractivity contribution is 0.0947. The Balaban J connectivity index is 1.50. The number of thiophene rings is 2. The van der Waals surface area contributed by atoms with Crippen molar-refractivity contribution in [3.8, 4) is 5.75 Å². The minimum absolute atomic E-state index is 0.0355. The molecule has 0 aliphatic heterocycles. The highest BCUT2D eigenvalue weighted by Gasteiger charge is 2.17. The SMILES string of the molecule is COc1cccc2cc(C(=O)NCc3ccc(C(=O)c4cccs4)s3)c(=O)oc12. The average Bonchev–Trinajstić information content (AvgIpc) is 3.43. The Bertz CT molecular complexity index is 1250. The van der Waals surface area contributed by atoms with E-state index in [4.69, 9.17) is 9.15 Å². The molecule has 1 N–H and O–H groups in total. The van der Waals surface area contributed by atoms with E-state index < -0.39 is 11.5 Å². The molecule has 0 aliphatic carbocycles. The number of ketones is 1. The van der Waals surface area contributed by atoms with Gasteiger partial charge in [-0.05, 0) is 35.7 Å². The smallest absolute Gasteiger partial charge is 0.349 e. The molecule has 3 heterocycles. The first-order valence-corrected chi connectivity index (χ1v) is 10.3. The van der Waals surface area contributed by atoms with Gasteiger partial charge in [-0.25, -0.2) is 4.79 Å². The quantitative estimate of drug-likeness (QED) is 0.372. The first-order chi connectivity index (χ1) is 14.1. The van der Waals surface area contributed by atoms with Crippen LogP contribution in [0.3, 0.4) is 0 Å². The molecule has 146 valence electrons. The van der Waals surface area contributed by atoms with Crippen molar-refractivity contribution in [2.75, 3.05) is 7.11 Å². The highest BCUT2D eigenvalue weighted by atomic mass is 32.1. The number of fused-ring (bicyclic) bond motifs is 1. The third kappa shape index (κ3) is 3.85. The van der Waals surface area contributed by atoms with E-state index in [1.54, 1.807) is 36.4 Å². The lowest BCUT2D eigenvalue weighted by Crippen LogP contribution is -2.27. The van der Waals surface area contributed by atoms with Gasteiger partial charge in [-0.15, -0.1) is 22.7 Å². The van der Waals surface area contributed by atoms with Crippen LogP contribution in [0.25, 0.3) is 11.0 Å². The van der Waals surface area contributed by atoms with Gasteiger partial charge < -0.3 is 14.5 Å². The van der Waals surface area contributed by atoms with E-state index >= 15 is 0 Å². The van der Waals surface area contributed by atoms with E-state index in [0.29, 0.717) is 26.5 Å². The molecule has 0 radical (unpaired) electrons. The number of para-hydroxylation sites is 1. The maximum Gasteiger partial charge on any atom is 0.349 e. The van der Waals surface area contributed by atoms with Gasteiger partial charge in [0.1, 0.15) is 5.56 Å². The van der Waals surface area contributed by atoms with Crippen molar-refractivity contribution in [1.82, 2.24) is 5.32 Å². The number of methoxy groups -OCH3 is 1. The van der Waals surface area contributed by atoms with Gasteiger partial charge >= 0.3 is 5.63 Å². The summed E-state index contributed by atoms with van der Waals surface area (Å²) in [7, 11) is 1.48. The predicted molar refractivity (Wildman–Crippen MR) is 112 cm³/mol. The minimum atomic E-state index is -0.737. The maximum atomic E-state index is 12.5. The van der Waals surface area contributed by atoms with E-state index in [1.807, 2.05) is 11.4 Å². The first-order valence-electron chi connectivity index (χ1n) is 8.63. The fourth-order valence-corrected chi connectivity index (χ4v) is 4.47. The summed E-state index contributed by atoms with van der Waals surface area (Å²) >= 11 is 2.70. The predicted octanol–water partition coefficient (Wildman–Crippen LogP) is 4.09. The Morgan fingerprint density at radius 1 is 1.10 bits per heavy atom. The number of rotatable bonds is 6. The molecular formula is C21H15NO5S2. The molecule has 1 aromatic carbocycles. The zero-order chi connectivity index (χ0) is 20.4. The zero-order valence-electron chi connectivity index (χ0n) is 15.3. The second kappa shape index (κ2) is 8.02. The van der Waals surface area contributed by atoms with Crippen LogP contribution in [-0.4, -0.2) is 18.8 Å². The van der Waals surface area contributed by atoms with E-state index in [0.717, 1.165) is 4.88 Å². The lowest BCUT2D eigenvalue weighted by atomic mass is 10.1. The molecule has 8 heteroatoms. The third-order valence-corrected chi connectivity index (χ3v) is 6.19. The number of carbonyl (C=O) groups excluding carboxylic acids is 2. The van der Waals surface area contributed by atoms with Gasteiger partial charge in [-0.2, -0.15) is 0 Å². The summed E-state index contributed by atoms with van der Waals surface area (Å²) in [5.41, 5.74) is -0.525. The third-order valence-electron chi connectivity index (χ3n) is 4.24. The summed E-state index contributed by atoms with van der Waals surface area (Å²) in [6.45, 7) is 0.205. The number of nitrogens with one attached hydrogen (secondary N) is 1. The Morgan fingerprint density at radius 3 is 2.72 bits per heavy atom. The topological polar surface area (TPSA) is 85.6 Å². The molecule has 6 nitrogen and oxygen atoms in total. The zero-order valence-corrected chi connectivity index (χ0v) is 16.9. The number of hydrogen-bond donors (Lipinski definition) is 1. The normalized spacial score (nSPS) is 10.8. The fourth-order valence-electron chi connectivity index (χ4n) is 2.82. The molecule has 0 unspecified atom stereocenters. The Morgan fingerprint density at radius 2 is 1.97 bits per heavy atom. The van der Waals surface area contributed by atoms with Gasteiger partial charge in [0.25, 0.3) is 5.91 Å². The Labute approximate surface area is 173 Å². The first kappa shape index (κ1) is 19.1. The van der Waals surface area contributed by atoms with Gasteiger partial charge in [-0.3, -0.25) is 9.59 Å². The number of benzene rings is 1. The lowest BCUT2D eigenvalue weighted by Gasteiger charge is -2.06. The molecule has 0 bridgehead atoms. The molecule has 0 spiro atoms. The molecule has 0 atom stereocenters. The van der Waals surface area contributed by atoms with E-state index in [2.05, 4.69) is 5.32 Å². The summed E-state index contributed by atoms with van der Waals surface area (Å²) in [6.07, 6.45) is 0. The highest BCUT2D eigenvalue weighted by molar-refractivity contribution is 7.16. The van der Waals surface area contributed by atoms with Crippen molar-refractivity contribution in [1.29, 1.82) is 0 Å². The van der Waals surface area contributed by atoms with Crippen LogP contribution in [-0.2, 0) is 6.54 Å². The van der Waals surface area contributed by atoms with E-state index in [1.165, 1.54) is 35.8 Å². The summed E-state index contributed by atoms with van der Waals surface area (Å²) in [4.78, 5) is 39.2. The molecular weight excluding hydrogens is 410 g/mol. The molecule has 0 saturated heterocycles. The Kier molecular flexibility index (Phi) is 5.28. The van der Waals surface area contributed by atoms with Crippen LogP contribution in [0.1, 0.15) is 29.8 Å². The molecule has 0 fully saturated rings. The summed E-state index contributed by atoms with van der Waals surface area (Å²) in [6, 6.07) is 13.8. The van der Waals surface area contributed by atoms with Crippen LogP contribution in [0.15, 0.2) is 63.1 Å². The van der Waals surface area contributed by atoms with Crippen molar-refractivity contribution in [3.05, 3.63) is 84.5 Å². The molecule has 3 aromatic heterocycles. The average molecular weight is 425 g/mol. The van der Waals surface area contributed by atoms with Crippen molar-refractivity contribution < 1.29 is 18.7 Å². The number of hydrogen-bond acceptors (Lipinski definition) is 7. The second-order valence-electron chi connectivity index (χ2n) is 6.08. The van der Waals surface area contributed by atoms with Crippen LogP contribution < -0.4 is 15.7 Å². The van der Waals surface area contributed by atoms with Crippen LogP contribution in [0.2, 0.25) is 0 Å². The van der Waals surface area contributed by atoms with Gasteiger partial charge in [0.15, 0.2) is 11.3 Å². The summed E-state index contributed by atoms with van der Waals surface area (Å²) in [5.74, 6) is -0.150. The summed E-state index contributed by atoms with van der Waals surface area (Å²) < 4.78 is 10.5. The van der Waals surface area contributed by atoms with Crippen molar-refractivity contribution in [2.45, 2.75) is 6.54 Å². The second-order valence-corrected chi connectivity index (χ2v) is 8.20. The molecule has 1 amide bonds. The molecule has 0 saturated carbocycles. The Hall–Kier alpha value is -3.23. The maximum absolute atomic E-state index is 12.5. The fraction of sp³-hybridized carbons (Fsp3) is 0.0952. The van der Waals surface area contributed by atoms with Crippen molar-refractivity contribution in [3.63, 3.8) is 0 Å². The standard InChI is InChI=1S/C21H15NO5S2/c1-26-15-5-2-4-12-10-14(21(25)27-19(12)15)20(24)22-11-13-7-8-17(29-13)18(23)16-6-3-9-28-16/h2-10H,11H2,1H3,(H,22,24). The van der Waals surface area contributed by atoms with Crippen LogP contribution in [0.4, 0.5) is 0 Å². The number of amides is 1. The van der Waals surface area contributed by atoms with Crippen LogP contribution in [0, 0.1) is 0 Å². The van der Waals surface area contributed by atoms with Crippen LogP contribution in [0.5, 0.6) is 5.75 Å². The molecule has 4 aromatic rings. The van der Waals surface area contributed by atoms with E-state index in [9.17, 15) is 14.4 Å². The van der Waals surface area contributed by atoms with E-state index in [-0.39, 0.29) is 17.9 Å². The largest absolute Gasteiger partial charge is 0.493 e. The van der Waals surface area contributed by atoms with Crippen molar-refractivity contribution in [2.24, 2.45) is 0 Å². The molecule has 4 rings (SSSR count). The molecule has 29 heavy (non-hydrogen) atoms.